The number of carbonyl (C=O) groups excluding carboxylic acids is 4. The molecule has 2 aromatic rings. The number of aromatic nitrogens is 1. The number of benzene rings is 1. The van der Waals surface area contributed by atoms with Crippen LogP contribution in [0.25, 0.3) is 0 Å². The summed E-state index contributed by atoms with van der Waals surface area (Å²) in [5, 5.41) is 7.68. The number of nitrogens with zero attached hydrogens (tertiary/aromatic N) is 3. The summed E-state index contributed by atoms with van der Waals surface area (Å²) in [4.78, 5) is 62.2. The van der Waals surface area contributed by atoms with Gasteiger partial charge in [0.1, 0.15) is 52.2 Å². The number of hydrogen-bond acceptors (Lipinski definition) is 12. The number of rotatable bonds is 10. The summed E-state index contributed by atoms with van der Waals surface area (Å²) in [6, 6.07) is 5.68. The van der Waals surface area contributed by atoms with Gasteiger partial charge in [-0.05, 0) is 44.0 Å². The van der Waals surface area contributed by atoms with Gasteiger partial charge in [0.25, 0.3) is 11.8 Å². The van der Waals surface area contributed by atoms with Crippen LogP contribution >= 0.6 is 45.5 Å². The number of fused-ring (bicyclic) bond motifs is 1. The SMILES string of the molecule is CON=C(C(=O)N[C@@H]1C(=O)N2C(C(=O)OCc3ccc(OC)cc3)=C(CI)CS(=O)[C@H]12)c1nc(NC(=O)OC(C)(C)C)sc1Cl. The van der Waals surface area contributed by atoms with E-state index in [1.165, 1.54) is 14.2 Å². The van der Waals surface area contributed by atoms with Crippen molar-refractivity contribution in [2.24, 2.45) is 5.16 Å². The van der Waals surface area contributed by atoms with E-state index in [9.17, 15) is 23.4 Å². The number of esters is 1. The van der Waals surface area contributed by atoms with Crippen molar-refractivity contribution in [3.63, 3.8) is 0 Å². The number of alkyl halides is 1. The van der Waals surface area contributed by atoms with E-state index in [-0.39, 0.29) is 33.2 Å². The van der Waals surface area contributed by atoms with E-state index in [2.05, 4.69) is 20.8 Å². The number of ether oxygens (including phenoxy) is 3. The molecule has 0 bridgehead atoms. The zero-order chi connectivity index (χ0) is 33.1. The third-order valence-electron chi connectivity index (χ3n) is 6.19. The molecule has 2 aliphatic rings. The van der Waals surface area contributed by atoms with Crippen molar-refractivity contribution in [2.75, 3.05) is 29.7 Å². The molecule has 3 atom stereocenters. The normalized spacial score (nSPS) is 19.7. The first-order chi connectivity index (χ1) is 21.3. The van der Waals surface area contributed by atoms with Crippen LogP contribution in [0, 0.1) is 0 Å². The van der Waals surface area contributed by atoms with Crippen molar-refractivity contribution in [1.29, 1.82) is 0 Å². The fourth-order valence-electron chi connectivity index (χ4n) is 4.27. The molecule has 1 fully saturated rings. The average molecular weight is 794 g/mol. The molecule has 2 N–H and O–H groups in total. The lowest BCUT2D eigenvalue weighted by molar-refractivity contribution is -0.153. The Hall–Kier alpha value is -3.29. The fraction of sp³-hybridized carbons (Fsp3) is 0.407. The summed E-state index contributed by atoms with van der Waals surface area (Å²) in [6.45, 7) is 5.01. The van der Waals surface area contributed by atoms with Gasteiger partial charge in [-0.15, -0.1) is 0 Å². The molecule has 18 heteroatoms. The topological polar surface area (TPSA) is 175 Å². The number of anilines is 1. The van der Waals surface area contributed by atoms with Crippen molar-refractivity contribution < 1.29 is 42.4 Å². The minimum Gasteiger partial charge on any atom is -0.497 e. The van der Waals surface area contributed by atoms with E-state index >= 15 is 0 Å². The molecule has 3 heterocycles. The summed E-state index contributed by atoms with van der Waals surface area (Å²) >= 11 is 9.19. The highest BCUT2D eigenvalue weighted by Gasteiger charge is 2.57. The Morgan fingerprint density at radius 1 is 1.22 bits per heavy atom. The molecule has 45 heavy (non-hydrogen) atoms. The number of thiazole rings is 1. The lowest BCUT2D eigenvalue weighted by Crippen LogP contribution is -2.74. The second kappa shape index (κ2) is 14.4. The molecule has 0 saturated carbocycles. The number of amides is 3. The average Bonchev–Trinajstić information content (AvgIpc) is 3.34. The largest absolute Gasteiger partial charge is 0.497 e. The van der Waals surface area contributed by atoms with Gasteiger partial charge in [0.2, 0.25) is 0 Å². The Morgan fingerprint density at radius 2 is 1.91 bits per heavy atom. The van der Waals surface area contributed by atoms with Gasteiger partial charge in [0.15, 0.2) is 10.8 Å². The minimum atomic E-state index is -1.65. The zero-order valence-electron chi connectivity index (χ0n) is 24.7. The summed E-state index contributed by atoms with van der Waals surface area (Å²) in [6.07, 6.45) is -0.786. The highest BCUT2D eigenvalue weighted by molar-refractivity contribution is 14.1. The molecule has 1 aromatic carbocycles. The lowest BCUT2D eigenvalue weighted by Gasteiger charge is -2.49. The van der Waals surface area contributed by atoms with Crippen molar-refractivity contribution in [1.82, 2.24) is 15.2 Å². The van der Waals surface area contributed by atoms with Crippen LogP contribution in [0.1, 0.15) is 32.0 Å². The van der Waals surface area contributed by atoms with Crippen LogP contribution in [0.15, 0.2) is 40.7 Å². The van der Waals surface area contributed by atoms with E-state index in [0.717, 1.165) is 16.2 Å². The third-order valence-corrected chi connectivity index (χ3v) is 9.94. The number of halogens is 2. The summed E-state index contributed by atoms with van der Waals surface area (Å²) in [5.41, 5.74) is -0.0968. The maximum absolute atomic E-state index is 13.4. The van der Waals surface area contributed by atoms with Crippen LogP contribution in [0.5, 0.6) is 5.75 Å². The van der Waals surface area contributed by atoms with Crippen LogP contribution in [0.4, 0.5) is 9.93 Å². The minimum absolute atomic E-state index is 0.00389. The molecule has 1 unspecified atom stereocenters. The Labute approximate surface area is 283 Å². The molecule has 3 amide bonds. The number of nitrogens with one attached hydrogen (secondary N) is 2. The first-order valence-electron chi connectivity index (χ1n) is 13.1. The second-order valence-electron chi connectivity index (χ2n) is 10.5. The fourth-order valence-corrected chi connectivity index (χ4v) is 7.98. The summed E-state index contributed by atoms with van der Waals surface area (Å²) in [5.74, 6) is -1.67. The van der Waals surface area contributed by atoms with E-state index in [0.29, 0.717) is 21.3 Å². The Balaban J connectivity index is 1.49. The highest BCUT2D eigenvalue weighted by atomic mass is 127. The number of hydrogen-bond donors (Lipinski definition) is 2. The Kier molecular flexibility index (Phi) is 11.1. The maximum Gasteiger partial charge on any atom is 0.413 e. The van der Waals surface area contributed by atoms with Gasteiger partial charge in [0.05, 0.1) is 23.7 Å². The second-order valence-corrected chi connectivity index (χ2v) is 14.4. The summed E-state index contributed by atoms with van der Waals surface area (Å²) in [7, 11) is 1.08. The van der Waals surface area contributed by atoms with Gasteiger partial charge in [-0.1, -0.05) is 62.8 Å². The van der Waals surface area contributed by atoms with Crippen LogP contribution in [0.3, 0.4) is 0 Å². The molecule has 0 spiro atoms. The first kappa shape index (κ1) is 34.6. The standard InChI is InChI=1S/C27H29ClIN5O9S2/c1-27(2,3)43-26(38)32-25-31-16(20(28)44-25)17(33-41-5)21(35)30-18-22(36)34-19(14(10-29)12-45(39)23(18)34)24(37)42-11-13-6-8-15(40-4)9-7-13/h6-9,18,23H,10-12H2,1-5H3,(H,30,35)(H,31,32,38)/t18-,23-,45?/m1/s1. The maximum atomic E-state index is 13.4. The molecule has 1 saturated heterocycles. The number of methoxy groups -OCH3 is 1. The number of carbonyl (C=O) groups is 4. The lowest BCUT2D eigenvalue weighted by atomic mass is 10.0. The van der Waals surface area contributed by atoms with E-state index in [4.69, 9.17) is 30.6 Å². The monoisotopic (exact) mass is 793 g/mol. The first-order valence-corrected chi connectivity index (χ1v) is 17.2. The van der Waals surface area contributed by atoms with Gasteiger partial charge in [0, 0.05) is 4.43 Å². The summed E-state index contributed by atoms with van der Waals surface area (Å²) < 4.78 is 29.4. The highest BCUT2D eigenvalue weighted by Crippen LogP contribution is 2.36. The van der Waals surface area contributed by atoms with Crippen LogP contribution < -0.4 is 15.4 Å². The number of β-lactam (4-membered cyclic amide) rings is 1. The van der Waals surface area contributed by atoms with Gasteiger partial charge in [-0.2, -0.15) is 0 Å². The van der Waals surface area contributed by atoms with Gasteiger partial charge >= 0.3 is 12.1 Å². The predicted octanol–water partition coefficient (Wildman–Crippen LogP) is 3.35. The van der Waals surface area contributed by atoms with Crippen molar-refractivity contribution in [3.8, 4) is 5.75 Å². The molecule has 1 aromatic heterocycles. The Bertz CT molecular complexity index is 1590. The Morgan fingerprint density at radius 3 is 2.51 bits per heavy atom. The molecule has 14 nitrogen and oxygen atoms in total. The quantitative estimate of drug-likeness (QED) is 0.0907. The van der Waals surface area contributed by atoms with Crippen LogP contribution in [0.2, 0.25) is 4.34 Å². The number of oxime groups is 1. The van der Waals surface area contributed by atoms with Gasteiger partial charge in [-0.3, -0.25) is 24.0 Å². The van der Waals surface area contributed by atoms with Gasteiger partial charge < -0.3 is 24.4 Å². The van der Waals surface area contributed by atoms with E-state index < -0.39 is 57.4 Å². The zero-order valence-corrected chi connectivity index (χ0v) is 29.2. The third kappa shape index (κ3) is 7.93. The van der Waals surface area contributed by atoms with Crippen molar-refractivity contribution in [3.05, 3.63) is 51.1 Å². The smallest absolute Gasteiger partial charge is 0.413 e. The van der Waals surface area contributed by atoms with Crippen LogP contribution in [-0.4, -0.2) is 85.1 Å². The molecule has 0 radical (unpaired) electrons. The molecular weight excluding hydrogens is 765 g/mol. The van der Waals surface area contributed by atoms with E-state index in [1.807, 2.05) is 22.6 Å². The molecule has 242 valence electrons. The van der Waals surface area contributed by atoms with Crippen LogP contribution in [-0.2, 0) is 46.1 Å². The predicted molar refractivity (Wildman–Crippen MR) is 175 cm³/mol. The molecule has 2 aliphatic heterocycles. The molecule has 4 rings (SSSR count). The van der Waals surface area contributed by atoms with Crippen molar-refractivity contribution in [2.45, 2.75) is 44.4 Å². The molecule has 0 aliphatic carbocycles. The van der Waals surface area contributed by atoms with E-state index in [1.54, 1.807) is 45.0 Å². The van der Waals surface area contributed by atoms with Crippen molar-refractivity contribution >= 4 is 91.0 Å². The molecular formula is C27H29ClIN5O9S2. The van der Waals surface area contributed by atoms with Gasteiger partial charge in [-0.25, -0.2) is 14.6 Å².